The Labute approximate surface area is 104 Å². The fraction of sp³-hybridized carbons (Fsp3) is 0.923. The van der Waals surface area contributed by atoms with Crippen LogP contribution in [0, 0.1) is 11.8 Å². The van der Waals surface area contributed by atoms with E-state index in [2.05, 4.69) is 19.2 Å². The minimum absolute atomic E-state index is 0.155. The van der Waals surface area contributed by atoms with Gasteiger partial charge in [0.25, 0.3) is 0 Å². The molecule has 0 bridgehead atoms. The largest absolute Gasteiger partial charge is 0.481 e. The van der Waals surface area contributed by atoms with E-state index in [9.17, 15) is 4.79 Å². The zero-order valence-electron chi connectivity index (χ0n) is 10.9. The molecule has 1 rings (SSSR count). The predicted molar refractivity (Wildman–Crippen MR) is 67.0 cm³/mol. The van der Waals surface area contributed by atoms with Gasteiger partial charge >= 0.3 is 5.97 Å². The van der Waals surface area contributed by atoms with Crippen molar-refractivity contribution in [2.45, 2.75) is 45.6 Å². The first-order valence-electron chi connectivity index (χ1n) is 6.63. The Hall–Kier alpha value is -0.610. The van der Waals surface area contributed by atoms with Crippen molar-refractivity contribution in [2.24, 2.45) is 11.8 Å². The zero-order chi connectivity index (χ0) is 12.7. The molecule has 1 saturated carbocycles. The molecule has 0 aromatic heterocycles. The summed E-state index contributed by atoms with van der Waals surface area (Å²) in [6.07, 6.45) is 3.70. The summed E-state index contributed by atoms with van der Waals surface area (Å²) in [5, 5.41) is 12.4. The van der Waals surface area contributed by atoms with Gasteiger partial charge in [0, 0.05) is 19.2 Å². The van der Waals surface area contributed by atoms with Crippen molar-refractivity contribution < 1.29 is 14.6 Å². The molecule has 0 amide bonds. The Bertz CT molecular complexity index is 231. The van der Waals surface area contributed by atoms with Gasteiger partial charge in [-0.3, -0.25) is 4.79 Å². The van der Waals surface area contributed by atoms with Crippen LogP contribution in [0.15, 0.2) is 0 Å². The fourth-order valence-corrected chi connectivity index (χ4v) is 2.25. The summed E-state index contributed by atoms with van der Waals surface area (Å²) in [6, 6.07) is 0.354. The molecular weight excluding hydrogens is 218 g/mol. The molecule has 2 unspecified atom stereocenters. The highest BCUT2D eigenvalue weighted by Gasteiger charge is 2.26. The molecule has 0 spiro atoms. The Morgan fingerprint density at radius 2 is 2.24 bits per heavy atom. The molecule has 17 heavy (non-hydrogen) atoms. The maximum Gasteiger partial charge on any atom is 0.306 e. The highest BCUT2D eigenvalue weighted by atomic mass is 16.5. The lowest BCUT2D eigenvalue weighted by Gasteiger charge is -2.27. The van der Waals surface area contributed by atoms with Crippen LogP contribution in [0.5, 0.6) is 0 Å². The molecule has 0 saturated heterocycles. The highest BCUT2D eigenvalue weighted by molar-refractivity contribution is 5.70. The third kappa shape index (κ3) is 6.03. The SMILES string of the molecule is CC(C)COCCNC1CCCC(C(=O)O)C1. The quantitative estimate of drug-likeness (QED) is 0.670. The van der Waals surface area contributed by atoms with Crippen molar-refractivity contribution in [3.63, 3.8) is 0 Å². The smallest absolute Gasteiger partial charge is 0.306 e. The second-order valence-electron chi connectivity index (χ2n) is 5.32. The third-order valence-corrected chi connectivity index (χ3v) is 3.15. The second kappa shape index (κ2) is 7.67. The first kappa shape index (κ1) is 14.5. The molecular formula is C13H25NO3. The van der Waals surface area contributed by atoms with E-state index < -0.39 is 5.97 Å². The molecule has 2 atom stereocenters. The Morgan fingerprint density at radius 3 is 2.88 bits per heavy atom. The third-order valence-electron chi connectivity index (χ3n) is 3.15. The monoisotopic (exact) mass is 243 g/mol. The summed E-state index contributed by atoms with van der Waals surface area (Å²) in [6.45, 7) is 6.60. The predicted octanol–water partition coefficient (Wildman–Crippen LogP) is 1.89. The fourth-order valence-electron chi connectivity index (χ4n) is 2.25. The minimum Gasteiger partial charge on any atom is -0.481 e. The average molecular weight is 243 g/mol. The number of ether oxygens (including phenoxy) is 1. The van der Waals surface area contributed by atoms with Crippen molar-refractivity contribution in [2.75, 3.05) is 19.8 Å². The lowest BCUT2D eigenvalue weighted by molar-refractivity contribution is -0.143. The maximum atomic E-state index is 10.9. The molecule has 4 nitrogen and oxygen atoms in total. The molecule has 0 radical (unpaired) electrons. The molecule has 2 N–H and O–H groups in total. The van der Waals surface area contributed by atoms with Crippen LogP contribution in [0.1, 0.15) is 39.5 Å². The van der Waals surface area contributed by atoms with Gasteiger partial charge in [-0.25, -0.2) is 0 Å². The minimum atomic E-state index is -0.646. The molecule has 0 heterocycles. The lowest BCUT2D eigenvalue weighted by Crippen LogP contribution is -2.38. The number of carboxylic acids is 1. The van der Waals surface area contributed by atoms with Crippen molar-refractivity contribution in [1.82, 2.24) is 5.32 Å². The maximum absolute atomic E-state index is 10.9. The van der Waals surface area contributed by atoms with Crippen LogP contribution in [-0.2, 0) is 9.53 Å². The second-order valence-corrected chi connectivity index (χ2v) is 5.32. The normalized spacial score (nSPS) is 25.1. The number of hydrogen-bond donors (Lipinski definition) is 2. The molecule has 1 fully saturated rings. The van der Waals surface area contributed by atoms with E-state index in [1.54, 1.807) is 0 Å². The molecule has 4 heteroatoms. The lowest BCUT2D eigenvalue weighted by atomic mass is 9.86. The van der Waals surface area contributed by atoms with Crippen molar-refractivity contribution in [1.29, 1.82) is 0 Å². The van der Waals surface area contributed by atoms with Gasteiger partial charge in [0.1, 0.15) is 0 Å². The van der Waals surface area contributed by atoms with E-state index in [1.165, 1.54) is 0 Å². The van der Waals surface area contributed by atoms with E-state index in [4.69, 9.17) is 9.84 Å². The summed E-state index contributed by atoms with van der Waals surface area (Å²) in [7, 11) is 0. The van der Waals surface area contributed by atoms with Gasteiger partial charge in [0.2, 0.25) is 0 Å². The van der Waals surface area contributed by atoms with Crippen LogP contribution in [-0.4, -0.2) is 36.9 Å². The zero-order valence-corrected chi connectivity index (χ0v) is 10.9. The summed E-state index contributed by atoms with van der Waals surface area (Å²) in [5.74, 6) is -0.230. The van der Waals surface area contributed by atoms with Crippen LogP contribution in [0.25, 0.3) is 0 Å². The first-order chi connectivity index (χ1) is 8.09. The number of carbonyl (C=O) groups is 1. The van der Waals surface area contributed by atoms with Gasteiger partial charge in [-0.1, -0.05) is 20.3 Å². The molecule has 100 valence electrons. The van der Waals surface area contributed by atoms with E-state index in [-0.39, 0.29) is 5.92 Å². The van der Waals surface area contributed by atoms with Crippen LogP contribution >= 0.6 is 0 Å². The van der Waals surface area contributed by atoms with Gasteiger partial charge in [-0.15, -0.1) is 0 Å². The number of rotatable bonds is 7. The molecule has 0 aromatic carbocycles. The average Bonchev–Trinajstić information content (AvgIpc) is 2.28. The summed E-state index contributed by atoms with van der Waals surface area (Å²) in [5.41, 5.74) is 0. The number of hydrogen-bond acceptors (Lipinski definition) is 3. The van der Waals surface area contributed by atoms with E-state index >= 15 is 0 Å². The highest BCUT2D eigenvalue weighted by Crippen LogP contribution is 2.24. The summed E-state index contributed by atoms with van der Waals surface area (Å²) < 4.78 is 5.48. The van der Waals surface area contributed by atoms with E-state index in [0.717, 1.165) is 38.8 Å². The standard InChI is InChI=1S/C13H25NO3/c1-10(2)9-17-7-6-14-12-5-3-4-11(8-12)13(15)16/h10-12,14H,3-9H2,1-2H3,(H,15,16). The number of carboxylic acid groups (broad SMARTS) is 1. The Balaban J connectivity index is 2.08. The summed E-state index contributed by atoms with van der Waals surface area (Å²) >= 11 is 0. The van der Waals surface area contributed by atoms with Crippen molar-refractivity contribution in [3.05, 3.63) is 0 Å². The topological polar surface area (TPSA) is 58.6 Å². The van der Waals surface area contributed by atoms with Gasteiger partial charge in [-0.05, 0) is 25.2 Å². The Kier molecular flexibility index (Phi) is 6.52. The van der Waals surface area contributed by atoms with E-state index in [0.29, 0.717) is 18.6 Å². The van der Waals surface area contributed by atoms with Crippen LogP contribution in [0.4, 0.5) is 0 Å². The Morgan fingerprint density at radius 1 is 1.47 bits per heavy atom. The first-order valence-corrected chi connectivity index (χ1v) is 6.63. The van der Waals surface area contributed by atoms with Crippen molar-refractivity contribution in [3.8, 4) is 0 Å². The van der Waals surface area contributed by atoms with Crippen molar-refractivity contribution >= 4 is 5.97 Å². The number of nitrogens with one attached hydrogen (secondary N) is 1. The van der Waals surface area contributed by atoms with Gasteiger partial charge < -0.3 is 15.2 Å². The molecule has 1 aliphatic carbocycles. The molecule has 1 aliphatic rings. The molecule has 0 aromatic rings. The van der Waals surface area contributed by atoms with Gasteiger partial charge in [0.15, 0.2) is 0 Å². The molecule has 0 aliphatic heterocycles. The van der Waals surface area contributed by atoms with Crippen LogP contribution in [0.2, 0.25) is 0 Å². The number of aliphatic carboxylic acids is 1. The summed E-state index contributed by atoms with van der Waals surface area (Å²) in [4.78, 5) is 10.9. The van der Waals surface area contributed by atoms with Crippen LogP contribution in [0.3, 0.4) is 0 Å². The van der Waals surface area contributed by atoms with Gasteiger partial charge in [-0.2, -0.15) is 0 Å². The van der Waals surface area contributed by atoms with Gasteiger partial charge in [0.05, 0.1) is 12.5 Å². The van der Waals surface area contributed by atoms with Crippen LogP contribution < -0.4 is 5.32 Å². The van der Waals surface area contributed by atoms with E-state index in [1.807, 2.05) is 0 Å².